The van der Waals surface area contributed by atoms with Crippen LogP contribution in [0.1, 0.15) is 19.8 Å². The quantitative estimate of drug-likeness (QED) is 0.120. The molecule has 11 heteroatoms. The van der Waals surface area contributed by atoms with Crippen LogP contribution in [-0.2, 0) is 13.1 Å². The standard InChI is InChI=1S/C16H8Br2S2.C8H4Br2S.C4H9.2ClH.Cu.Li/c17-13-9-5-1-3-7-11(9)19-15(13)16-14(18)10-6-2-4-8-12(10)20-16;9-7-5-3-1-2-4-6(5)11-8(7)10;1-3-4-2;;;;/h1-8H;1-4H;1,3-4H2,2H3;2*1H;;/q;;-1;;;+2;+1/p-2. The van der Waals surface area contributed by atoms with Crippen LogP contribution in [0.15, 0.2) is 90.0 Å². The summed E-state index contributed by atoms with van der Waals surface area (Å²) >= 11 is 20.7. The number of fused-ring (bicyclic) bond motifs is 3. The minimum absolute atomic E-state index is 0. The zero-order valence-electron chi connectivity index (χ0n) is 20.8. The normalized spacial score (nSPS) is 10.3. The summed E-state index contributed by atoms with van der Waals surface area (Å²) < 4.78 is 8.68. The largest absolute Gasteiger partial charge is 1.00 e. The van der Waals surface area contributed by atoms with Gasteiger partial charge in [-0.15, -0.1) is 34.0 Å². The molecule has 0 spiro atoms. The summed E-state index contributed by atoms with van der Waals surface area (Å²) in [6.45, 7) is 5.72. The van der Waals surface area contributed by atoms with Crippen molar-refractivity contribution in [3.8, 4) is 9.75 Å². The molecule has 0 fully saturated rings. The van der Waals surface area contributed by atoms with Crippen molar-refractivity contribution in [2.24, 2.45) is 0 Å². The van der Waals surface area contributed by atoms with Crippen LogP contribution >= 0.6 is 118 Å². The Bertz CT molecular complexity index is 1540. The Kier molecular flexibility index (Phi) is 17.5. The number of benzene rings is 3. The molecule has 0 amide bonds. The second kappa shape index (κ2) is 18.7. The zero-order valence-corrected chi connectivity index (χ0v) is 32.1. The first-order valence-electron chi connectivity index (χ1n) is 11.1. The Hall–Kier alpha value is 1.16. The van der Waals surface area contributed by atoms with E-state index in [2.05, 4.69) is 164 Å². The third-order valence-electron chi connectivity index (χ3n) is 5.13. The van der Waals surface area contributed by atoms with Crippen molar-refractivity contribution in [2.75, 3.05) is 0 Å². The molecular formula is C28H21Br4Cl2CuLiS3. The van der Waals surface area contributed by atoms with Crippen molar-refractivity contribution in [1.82, 2.24) is 0 Å². The fourth-order valence-electron chi connectivity index (χ4n) is 3.30. The van der Waals surface area contributed by atoms with Gasteiger partial charge in [0.05, 0.1) is 18.0 Å². The molecule has 0 saturated heterocycles. The van der Waals surface area contributed by atoms with Gasteiger partial charge in [-0.05, 0) is 81.9 Å². The van der Waals surface area contributed by atoms with E-state index in [-0.39, 0.29) is 18.9 Å². The van der Waals surface area contributed by atoms with Gasteiger partial charge in [0, 0.05) is 39.2 Å². The van der Waals surface area contributed by atoms with Gasteiger partial charge in [0.1, 0.15) is 0 Å². The molecule has 6 rings (SSSR count). The molecule has 205 valence electrons. The predicted molar refractivity (Wildman–Crippen MR) is 187 cm³/mol. The number of hydrogen-bond acceptors (Lipinski definition) is 3. The molecular weight excluding hydrogens is 894 g/mol. The molecule has 0 unspecified atom stereocenters. The third kappa shape index (κ3) is 9.57. The minimum atomic E-state index is 0. The molecule has 0 atom stereocenters. The van der Waals surface area contributed by atoms with E-state index in [0.717, 1.165) is 24.0 Å². The van der Waals surface area contributed by atoms with Gasteiger partial charge in [-0.1, -0.05) is 67.9 Å². The number of thiophene rings is 3. The Balaban J connectivity index is 0.000000237. The summed E-state index contributed by atoms with van der Waals surface area (Å²) in [7, 11) is 9.34. The molecule has 0 bridgehead atoms. The second-order valence-electron chi connectivity index (χ2n) is 7.57. The van der Waals surface area contributed by atoms with Gasteiger partial charge in [0.15, 0.2) is 0 Å². The maximum Gasteiger partial charge on any atom is 1.00 e. The molecule has 0 N–H and O–H groups in total. The number of unbranched alkanes of at least 4 members (excludes halogenated alkanes) is 1. The van der Waals surface area contributed by atoms with Gasteiger partial charge in [-0.25, -0.2) is 0 Å². The first kappa shape index (κ1) is 36.3. The fraction of sp³-hybridized carbons (Fsp3) is 0.107. The Labute approximate surface area is 302 Å². The molecule has 0 aliphatic carbocycles. The smallest absolute Gasteiger partial charge is 1.00 e. The van der Waals surface area contributed by atoms with Crippen LogP contribution < -0.4 is 18.9 Å². The van der Waals surface area contributed by atoms with Crippen LogP contribution in [0, 0.1) is 6.92 Å². The summed E-state index contributed by atoms with van der Waals surface area (Å²) in [6.07, 6.45) is 2.28. The predicted octanol–water partition coefficient (Wildman–Crippen LogP) is 11.7. The zero-order chi connectivity index (χ0) is 27.7. The topological polar surface area (TPSA) is 0 Å². The molecule has 0 saturated carbocycles. The van der Waals surface area contributed by atoms with Gasteiger partial charge in [-0.2, -0.15) is 6.42 Å². The first-order valence-corrected chi connectivity index (χ1v) is 19.4. The minimum Gasteiger partial charge on any atom is 1.00 e. The third-order valence-corrected chi connectivity index (χ3v) is 13.3. The molecule has 3 aromatic heterocycles. The van der Waals surface area contributed by atoms with E-state index in [1.165, 1.54) is 59.2 Å². The van der Waals surface area contributed by atoms with E-state index >= 15 is 0 Å². The van der Waals surface area contributed by atoms with Crippen LogP contribution in [0.2, 0.25) is 0 Å². The van der Waals surface area contributed by atoms with Crippen LogP contribution in [0.25, 0.3) is 40.0 Å². The van der Waals surface area contributed by atoms with Crippen molar-refractivity contribution in [2.45, 2.75) is 19.8 Å². The van der Waals surface area contributed by atoms with Crippen molar-refractivity contribution >= 4 is 148 Å². The van der Waals surface area contributed by atoms with Crippen molar-refractivity contribution in [3.63, 3.8) is 0 Å². The van der Waals surface area contributed by atoms with E-state index in [1.54, 1.807) is 11.3 Å². The summed E-state index contributed by atoms with van der Waals surface area (Å²) in [5.41, 5.74) is 0. The average molecular weight is 915 g/mol. The fourth-order valence-corrected chi connectivity index (χ4v) is 10.0. The van der Waals surface area contributed by atoms with Gasteiger partial charge >= 0.3 is 52.2 Å². The monoisotopic (exact) mass is 909 g/mol. The molecule has 6 aromatic rings. The summed E-state index contributed by atoms with van der Waals surface area (Å²) in [5, 5.41) is 3.86. The summed E-state index contributed by atoms with van der Waals surface area (Å²) in [6, 6.07) is 25.4. The van der Waals surface area contributed by atoms with Gasteiger partial charge < -0.3 is 6.92 Å². The van der Waals surface area contributed by atoms with Crippen molar-refractivity contribution in [3.05, 3.63) is 96.9 Å². The molecule has 3 heterocycles. The van der Waals surface area contributed by atoms with Crippen LogP contribution in [0.5, 0.6) is 0 Å². The van der Waals surface area contributed by atoms with E-state index in [0.29, 0.717) is 0 Å². The number of halogens is 6. The maximum absolute atomic E-state index is 4.67. The Morgan fingerprint density at radius 3 is 1.26 bits per heavy atom. The second-order valence-corrected chi connectivity index (χ2v) is 16.0. The van der Waals surface area contributed by atoms with E-state index in [9.17, 15) is 0 Å². The van der Waals surface area contributed by atoms with E-state index in [1.807, 2.05) is 28.7 Å². The summed E-state index contributed by atoms with van der Waals surface area (Å²) in [5.74, 6) is 0. The maximum atomic E-state index is 4.67. The van der Waals surface area contributed by atoms with Crippen LogP contribution in [-0.4, -0.2) is 0 Å². The van der Waals surface area contributed by atoms with Crippen LogP contribution in [0.3, 0.4) is 0 Å². The molecule has 0 aliphatic heterocycles. The van der Waals surface area contributed by atoms with Crippen molar-refractivity contribution in [1.29, 1.82) is 0 Å². The SMILES string of the molecule is Brc1c(-c2sc3ccccc3c2Br)sc2ccccc12.Brc1sc2ccccc2c1Br.[CH2-]CCC.[Cl][Cu][Cl].[Li+]. The van der Waals surface area contributed by atoms with Gasteiger partial charge in [-0.3, -0.25) is 0 Å². The number of hydrogen-bond donors (Lipinski definition) is 0. The van der Waals surface area contributed by atoms with Crippen molar-refractivity contribution < 1.29 is 32.0 Å². The molecule has 0 aliphatic rings. The molecule has 3 aromatic carbocycles. The van der Waals surface area contributed by atoms with E-state index < -0.39 is 0 Å². The molecule has 0 radical (unpaired) electrons. The Morgan fingerprint density at radius 1 is 0.641 bits per heavy atom. The summed E-state index contributed by atoms with van der Waals surface area (Å²) in [4.78, 5) is 2.61. The Morgan fingerprint density at radius 2 is 0.949 bits per heavy atom. The average Bonchev–Trinajstić information content (AvgIpc) is 3.56. The molecule has 39 heavy (non-hydrogen) atoms. The molecule has 0 nitrogen and oxygen atoms in total. The van der Waals surface area contributed by atoms with Crippen LogP contribution in [0.4, 0.5) is 0 Å². The number of rotatable bonds is 2. The first-order chi connectivity index (χ1) is 18.4. The van der Waals surface area contributed by atoms with Gasteiger partial charge in [0.25, 0.3) is 0 Å². The van der Waals surface area contributed by atoms with E-state index in [4.69, 9.17) is 0 Å². The van der Waals surface area contributed by atoms with Gasteiger partial charge in [0.2, 0.25) is 0 Å².